The molecule has 2 aliphatic rings. The number of aryl methyl sites for hydroxylation is 1. The Bertz CT molecular complexity index is 1520. The molecule has 2 amide bonds. The van der Waals surface area contributed by atoms with Crippen molar-refractivity contribution in [3.05, 3.63) is 113 Å². The third-order valence-corrected chi connectivity index (χ3v) is 5.19. The summed E-state index contributed by atoms with van der Waals surface area (Å²) in [7, 11) is 0. The van der Waals surface area contributed by atoms with E-state index in [9.17, 15) is 9.59 Å². The molecule has 0 saturated heterocycles. The smallest absolute Gasteiger partial charge is 0.277 e. The van der Waals surface area contributed by atoms with Crippen molar-refractivity contribution >= 4 is 28.6 Å². The van der Waals surface area contributed by atoms with E-state index in [0.717, 1.165) is 5.56 Å². The topological polar surface area (TPSA) is 84.6 Å². The average molecular weight is 433 g/mol. The quantitative estimate of drug-likeness (QED) is 0.395. The lowest BCUT2D eigenvalue weighted by Crippen LogP contribution is -2.11. The van der Waals surface area contributed by atoms with Crippen LogP contribution in [-0.4, -0.2) is 16.8 Å². The van der Waals surface area contributed by atoms with Crippen molar-refractivity contribution in [1.29, 1.82) is 0 Å². The Morgan fingerprint density at radius 3 is 2.42 bits per heavy atom. The Labute approximate surface area is 189 Å². The van der Waals surface area contributed by atoms with Crippen molar-refractivity contribution in [3.8, 4) is 11.5 Å². The molecule has 0 aromatic heterocycles. The number of amides is 2. The molecular formula is C27H19N3O3. The number of carbonyl (C=O) groups excluding carboxylic acids is 2. The summed E-state index contributed by atoms with van der Waals surface area (Å²) in [5.41, 5.74) is 4.58. The zero-order chi connectivity index (χ0) is 22.8. The number of nitrogens with zero attached hydrogens (tertiary/aromatic N) is 2. The van der Waals surface area contributed by atoms with E-state index in [1.165, 1.54) is 0 Å². The molecule has 0 spiro atoms. The molecule has 6 heteroatoms. The first-order valence-corrected chi connectivity index (χ1v) is 10.4. The Hall–Kier alpha value is -4.58. The van der Waals surface area contributed by atoms with Crippen LogP contribution >= 0.6 is 0 Å². The van der Waals surface area contributed by atoms with Gasteiger partial charge in [0.25, 0.3) is 11.8 Å². The second kappa shape index (κ2) is 8.51. The van der Waals surface area contributed by atoms with Crippen LogP contribution in [0.25, 0.3) is 22.6 Å². The molecule has 0 fully saturated rings. The number of fused-ring (bicyclic) bond motifs is 2. The number of anilines is 1. The van der Waals surface area contributed by atoms with Crippen LogP contribution in [-0.2, 0) is 0 Å². The van der Waals surface area contributed by atoms with Gasteiger partial charge in [-0.2, -0.15) is 0 Å². The van der Waals surface area contributed by atoms with Gasteiger partial charge in [0.05, 0.1) is 5.36 Å². The van der Waals surface area contributed by atoms with Gasteiger partial charge in [0, 0.05) is 28.9 Å². The number of hydrogen-bond donors (Lipinski definition) is 1. The number of rotatable bonds is 3. The van der Waals surface area contributed by atoms with Crippen LogP contribution in [0.15, 0.2) is 100 Å². The predicted molar refractivity (Wildman–Crippen MR) is 126 cm³/mol. The van der Waals surface area contributed by atoms with Gasteiger partial charge in [-0.3, -0.25) is 9.59 Å². The maximum Gasteiger partial charge on any atom is 0.277 e. The van der Waals surface area contributed by atoms with Gasteiger partial charge in [-0.05, 0) is 55.5 Å². The number of nitrogens with one attached hydrogen (secondary N) is 1. The molecule has 3 aromatic carbocycles. The highest BCUT2D eigenvalue weighted by molar-refractivity contribution is 6.05. The van der Waals surface area contributed by atoms with Crippen LogP contribution in [0.5, 0.6) is 0 Å². The summed E-state index contributed by atoms with van der Waals surface area (Å²) in [5, 5.41) is 3.36. The standard InChI is InChI=1S/C27H19N3O3/c1-17-7-9-19(10-8-17)27(32)29-21-12-14-23-25(16-21)33-24-15-20(11-13-22(24)30-23)28-26(31)18-5-3-2-4-6-18/h2-16H,1H3,(H,29,32). The summed E-state index contributed by atoms with van der Waals surface area (Å²) >= 11 is 0. The Balaban J connectivity index is 1.47. The molecule has 1 aliphatic carbocycles. The summed E-state index contributed by atoms with van der Waals surface area (Å²) in [6.07, 6.45) is 0. The van der Waals surface area contributed by atoms with E-state index in [4.69, 9.17) is 4.42 Å². The molecular weight excluding hydrogens is 414 g/mol. The molecule has 6 nitrogen and oxygen atoms in total. The Morgan fingerprint density at radius 1 is 0.848 bits per heavy atom. The minimum absolute atomic E-state index is 0.205. The molecule has 0 unspecified atom stereocenters. The fraction of sp³-hybridized carbons (Fsp3) is 0.0370. The largest absolute Gasteiger partial charge is 0.453 e. The van der Waals surface area contributed by atoms with Crippen LogP contribution in [0.3, 0.4) is 0 Å². The van der Waals surface area contributed by atoms with E-state index in [0.29, 0.717) is 44.7 Å². The second-order valence-electron chi connectivity index (χ2n) is 7.65. The van der Waals surface area contributed by atoms with Gasteiger partial charge in [0.2, 0.25) is 0 Å². The maximum absolute atomic E-state index is 12.5. The number of benzene rings is 4. The molecule has 3 aromatic rings. The molecule has 1 N–H and O–H groups in total. The van der Waals surface area contributed by atoms with E-state index < -0.39 is 0 Å². The maximum atomic E-state index is 12.5. The first-order chi connectivity index (χ1) is 16.0. The van der Waals surface area contributed by atoms with E-state index in [2.05, 4.69) is 15.3 Å². The predicted octanol–water partition coefficient (Wildman–Crippen LogP) is 5.23. The molecule has 160 valence electrons. The van der Waals surface area contributed by atoms with Crippen molar-refractivity contribution in [2.75, 3.05) is 5.32 Å². The van der Waals surface area contributed by atoms with Gasteiger partial charge in [-0.1, -0.05) is 35.9 Å². The van der Waals surface area contributed by atoms with E-state index in [1.54, 1.807) is 72.8 Å². The van der Waals surface area contributed by atoms with E-state index >= 15 is 0 Å². The highest BCUT2D eigenvalue weighted by Gasteiger charge is 2.12. The van der Waals surface area contributed by atoms with Gasteiger partial charge < -0.3 is 9.73 Å². The van der Waals surface area contributed by atoms with Gasteiger partial charge in [0.15, 0.2) is 11.3 Å². The first kappa shape index (κ1) is 20.3. The van der Waals surface area contributed by atoms with Crippen LogP contribution in [0.2, 0.25) is 0 Å². The molecule has 1 aliphatic heterocycles. The summed E-state index contributed by atoms with van der Waals surface area (Å²) in [4.78, 5) is 33.7. The molecule has 0 bridgehead atoms. The molecule has 5 rings (SSSR count). The van der Waals surface area contributed by atoms with Gasteiger partial charge in [-0.25, -0.2) is 9.98 Å². The highest BCUT2D eigenvalue weighted by Crippen LogP contribution is 2.26. The summed E-state index contributed by atoms with van der Waals surface area (Å²) < 4.78 is 6.03. The highest BCUT2D eigenvalue weighted by atomic mass is 16.3. The number of aromatic nitrogens is 1. The van der Waals surface area contributed by atoms with Gasteiger partial charge >= 0.3 is 0 Å². The van der Waals surface area contributed by atoms with Crippen LogP contribution in [0.1, 0.15) is 26.3 Å². The minimum atomic E-state index is -0.329. The van der Waals surface area contributed by atoms with Crippen LogP contribution in [0, 0.1) is 6.92 Å². The molecule has 0 saturated carbocycles. The zero-order valence-electron chi connectivity index (χ0n) is 17.8. The molecule has 1 heterocycles. The third-order valence-electron chi connectivity index (χ3n) is 5.19. The average Bonchev–Trinajstić information content (AvgIpc) is 2.83. The monoisotopic (exact) mass is 433 g/mol. The fourth-order valence-electron chi connectivity index (χ4n) is 3.43. The minimum Gasteiger partial charge on any atom is -0.453 e. The van der Waals surface area contributed by atoms with Gasteiger partial charge in [-0.15, -0.1) is 0 Å². The number of carbonyl (C=O) groups is 2. The Kier molecular flexibility index (Phi) is 5.24. The van der Waals surface area contributed by atoms with E-state index in [1.807, 2.05) is 25.1 Å². The molecule has 0 atom stereocenters. The lowest BCUT2D eigenvalue weighted by Gasteiger charge is -2.09. The lowest BCUT2D eigenvalue weighted by atomic mass is 10.1. The normalized spacial score (nSPS) is 11.6. The summed E-state index contributed by atoms with van der Waals surface area (Å²) in [6.45, 7) is 1.97. The van der Waals surface area contributed by atoms with Crippen molar-refractivity contribution in [3.63, 3.8) is 0 Å². The van der Waals surface area contributed by atoms with Crippen LogP contribution < -0.4 is 10.7 Å². The fourth-order valence-corrected chi connectivity index (χ4v) is 3.43. The van der Waals surface area contributed by atoms with Crippen molar-refractivity contribution in [2.24, 2.45) is 4.99 Å². The Morgan fingerprint density at radius 2 is 1.64 bits per heavy atom. The first-order valence-electron chi connectivity index (χ1n) is 10.4. The second-order valence-corrected chi connectivity index (χ2v) is 7.65. The molecule has 0 radical (unpaired) electrons. The van der Waals surface area contributed by atoms with Crippen molar-refractivity contribution in [2.45, 2.75) is 6.92 Å². The summed E-state index contributed by atoms with van der Waals surface area (Å²) in [5.74, 6) is -0.0416. The van der Waals surface area contributed by atoms with Crippen molar-refractivity contribution in [1.82, 2.24) is 4.98 Å². The lowest BCUT2D eigenvalue weighted by molar-refractivity contribution is 0.0996. The van der Waals surface area contributed by atoms with Gasteiger partial charge in [0.1, 0.15) is 11.2 Å². The molecule has 33 heavy (non-hydrogen) atoms. The van der Waals surface area contributed by atoms with E-state index in [-0.39, 0.29) is 11.8 Å². The third kappa shape index (κ3) is 4.41. The van der Waals surface area contributed by atoms with Crippen LogP contribution in [0.4, 0.5) is 5.69 Å². The zero-order valence-corrected chi connectivity index (χ0v) is 17.8. The number of hydrogen-bond acceptors (Lipinski definition) is 4. The summed E-state index contributed by atoms with van der Waals surface area (Å²) in [6, 6.07) is 26.7. The van der Waals surface area contributed by atoms with Crippen molar-refractivity contribution < 1.29 is 14.0 Å². The SMILES string of the molecule is Cc1ccc(C(=O)Nc2ccc3nc4ccc(=NC(=O)c5ccccc5)cc-4oc3c2)cc1.